The molecule has 1 aromatic rings. The molecule has 5 N–H and O–H groups in total. The fraction of sp³-hybridized carbons (Fsp3) is 0.222. The zero-order valence-corrected chi connectivity index (χ0v) is 7.10. The van der Waals surface area contributed by atoms with Crippen molar-refractivity contribution in [2.45, 2.75) is 5.54 Å². The molecule has 0 spiro atoms. The molecule has 0 fully saturated rings. The molecule has 0 heterocycles. The summed E-state index contributed by atoms with van der Waals surface area (Å²) in [6, 6.07) is 8.56. The van der Waals surface area contributed by atoms with E-state index in [1.54, 1.807) is 30.3 Å². The Morgan fingerprint density at radius 1 is 1.38 bits per heavy atom. The number of aliphatic carboxylic acids is 1. The van der Waals surface area contributed by atoms with Crippen molar-refractivity contribution in [1.29, 1.82) is 0 Å². The Morgan fingerprint density at radius 3 is 2.31 bits per heavy atom. The van der Waals surface area contributed by atoms with Gasteiger partial charge in [-0.05, 0) is 5.56 Å². The van der Waals surface area contributed by atoms with Gasteiger partial charge in [0.05, 0.1) is 0 Å². The SMILES string of the molecule is NC[C@@](N)(C(=O)O)c1ccccc1. The number of benzene rings is 1. The van der Waals surface area contributed by atoms with Crippen LogP contribution in [0, 0.1) is 0 Å². The van der Waals surface area contributed by atoms with Crippen LogP contribution in [0.2, 0.25) is 0 Å². The molecule has 0 aliphatic carbocycles. The summed E-state index contributed by atoms with van der Waals surface area (Å²) in [4.78, 5) is 10.8. The van der Waals surface area contributed by atoms with E-state index in [4.69, 9.17) is 16.6 Å². The van der Waals surface area contributed by atoms with E-state index in [0.29, 0.717) is 5.56 Å². The van der Waals surface area contributed by atoms with E-state index in [1.165, 1.54) is 0 Å². The lowest BCUT2D eigenvalue weighted by Gasteiger charge is -2.22. The first kappa shape index (κ1) is 9.70. The third kappa shape index (κ3) is 1.68. The van der Waals surface area contributed by atoms with Crippen LogP contribution in [-0.2, 0) is 10.3 Å². The summed E-state index contributed by atoms with van der Waals surface area (Å²) in [5.41, 5.74) is 10.0. The number of rotatable bonds is 3. The van der Waals surface area contributed by atoms with Crippen molar-refractivity contribution < 1.29 is 9.90 Å². The van der Waals surface area contributed by atoms with Crippen molar-refractivity contribution in [3.05, 3.63) is 35.9 Å². The highest BCUT2D eigenvalue weighted by Gasteiger charge is 2.34. The lowest BCUT2D eigenvalue weighted by Crippen LogP contribution is -2.50. The summed E-state index contributed by atoms with van der Waals surface area (Å²) in [5.74, 6) is -1.11. The number of carboxylic acids is 1. The van der Waals surface area contributed by atoms with Crippen LogP contribution in [0.5, 0.6) is 0 Å². The van der Waals surface area contributed by atoms with Gasteiger partial charge in [0.15, 0.2) is 5.54 Å². The third-order valence-electron chi connectivity index (χ3n) is 1.99. The van der Waals surface area contributed by atoms with Crippen molar-refractivity contribution in [2.24, 2.45) is 11.5 Å². The van der Waals surface area contributed by atoms with Crippen LogP contribution in [0.15, 0.2) is 30.3 Å². The molecule has 0 amide bonds. The molecule has 1 rings (SSSR count). The van der Waals surface area contributed by atoms with Gasteiger partial charge in [0, 0.05) is 6.54 Å². The van der Waals surface area contributed by atoms with Gasteiger partial charge in [-0.3, -0.25) is 0 Å². The zero-order valence-electron chi connectivity index (χ0n) is 7.10. The molecular weight excluding hydrogens is 168 g/mol. The Bertz CT molecular complexity index is 300. The second-order valence-electron chi connectivity index (χ2n) is 2.85. The van der Waals surface area contributed by atoms with Gasteiger partial charge >= 0.3 is 5.97 Å². The number of hydrogen-bond donors (Lipinski definition) is 3. The van der Waals surface area contributed by atoms with Crippen molar-refractivity contribution >= 4 is 5.97 Å². The first-order valence-corrected chi connectivity index (χ1v) is 3.89. The maximum Gasteiger partial charge on any atom is 0.329 e. The minimum absolute atomic E-state index is 0.119. The first-order chi connectivity index (χ1) is 6.11. The van der Waals surface area contributed by atoms with E-state index in [9.17, 15) is 4.79 Å². The van der Waals surface area contributed by atoms with Crippen LogP contribution in [0.1, 0.15) is 5.56 Å². The Kier molecular flexibility index (Phi) is 2.65. The van der Waals surface area contributed by atoms with Crippen LogP contribution in [0.4, 0.5) is 0 Å². The van der Waals surface area contributed by atoms with E-state index >= 15 is 0 Å². The quantitative estimate of drug-likeness (QED) is 0.605. The molecule has 1 atom stereocenters. The van der Waals surface area contributed by atoms with Gasteiger partial charge in [-0.25, -0.2) is 4.79 Å². The lowest BCUT2D eigenvalue weighted by molar-refractivity contribution is -0.143. The molecule has 70 valence electrons. The minimum atomic E-state index is -1.47. The van der Waals surface area contributed by atoms with Gasteiger partial charge in [0.1, 0.15) is 0 Å². The molecule has 0 aromatic heterocycles. The highest BCUT2D eigenvalue weighted by atomic mass is 16.4. The predicted molar refractivity (Wildman–Crippen MR) is 49.0 cm³/mol. The average molecular weight is 180 g/mol. The van der Waals surface area contributed by atoms with Gasteiger partial charge in [0.25, 0.3) is 0 Å². The largest absolute Gasteiger partial charge is 0.480 e. The summed E-state index contributed by atoms with van der Waals surface area (Å²) < 4.78 is 0. The molecule has 4 nitrogen and oxygen atoms in total. The van der Waals surface area contributed by atoms with Gasteiger partial charge in [-0.1, -0.05) is 30.3 Å². The highest BCUT2D eigenvalue weighted by Crippen LogP contribution is 2.16. The summed E-state index contributed by atoms with van der Waals surface area (Å²) in [7, 11) is 0. The summed E-state index contributed by atoms with van der Waals surface area (Å²) >= 11 is 0. The molecule has 1 aromatic carbocycles. The van der Waals surface area contributed by atoms with Gasteiger partial charge < -0.3 is 16.6 Å². The summed E-state index contributed by atoms with van der Waals surface area (Å²) in [6.45, 7) is -0.119. The van der Waals surface area contributed by atoms with E-state index in [-0.39, 0.29) is 6.54 Å². The maximum absolute atomic E-state index is 10.8. The van der Waals surface area contributed by atoms with Crippen LogP contribution in [0.3, 0.4) is 0 Å². The topological polar surface area (TPSA) is 89.3 Å². The minimum Gasteiger partial charge on any atom is -0.480 e. The van der Waals surface area contributed by atoms with Crippen LogP contribution in [0.25, 0.3) is 0 Å². The molecule has 0 bridgehead atoms. The Morgan fingerprint density at radius 2 is 1.92 bits per heavy atom. The normalized spacial score (nSPS) is 14.9. The van der Waals surface area contributed by atoms with E-state index < -0.39 is 11.5 Å². The molecule has 0 aliphatic heterocycles. The Hall–Kier alpha value is -1.39. The van der Waals surface area contributed by atoms with Crippen LogP contribution >= 0.6 is 0 Å². The molecular formula is C9H12N2O2. The maximum atomic E-state index is 10.8. The van der Waals surface area contributed by atoms with Crippen LogP contribution in [-0.4, -0.2) is 17.6 Å². The number of nitrogens with two attached hydrogens (primary N) is 2. The number of hydrogen-bond acceptors (Lipinski definition) is 3. The van der Waals surface area contributed by atoms with Gasteiger partial charge in [-0.2, -0.15) is 0 Å². The fourth-order valence-electron chi connectivity index (χ4n) is 1.06. The average Bonchev–Trinajstić information content (AvgIpc) is 2.17. The predicted octanol–water partition coefficient (Wildman–Crippen LogP) is -0.116. The number of carbonyl (C=O) groups is 1. The van der Waals surface area contributed by atoms with Crippen molar-refractivity contribution in [1.82, 2.24) is 0 Å². The zero-order chi connectivity index (χ0) is 9.90. The van der Waals surface area contributed by atoms with Gasteiger partial charge in [-0.15, -0.1) is 0 Å². The number of carboxylic acid groups (broad SMARTS) is 1. The molecule has 0 radical (unpaired) electrons. The molecule has 0 saturated heterocycles. The standard InChI is InChI=1S/C9H12N2O2/c10-6-9(11,8(12)13)7-4-2-1-3-5-7/h1-5H,6,10-11H2,(H,12,13)/t9-/m0/s1. The first-order valence-electron chi connectivity index (χ1n) is 3.89. The fourth-order valence-corrected chi connectivity index (χ4v) is 1.06. The van der Waals surface area contributed by atoms with Crippen LogP contribution < -0.4 is 11.5 Å². The second-order valence-corrected chi connectivity index (χ2v) is 2.85. The molecule has 0 saturated carbocycles. The molecule has 0 aliphatic rings. The van der Waals surface area contributed by atoms with Crippen molar-refractivity contribution in [3.63, 3.8) is 0 Å². The van der Waals surface area contributed by atoms with E-state index in [2.05, 4.69) is 0 Å². The van der Waals surface area contributed by atoms with Crippen molar-refractivity contribution in [3.8, 4) is 0 Å². The molecule has 13 heavy (non-hydrogen) atoms. The summed E-state index contributed by atoms with van der Waals surface area (Å²) in [5, 5.41) is 8.88. The van der Waals surface area contributed by atoms with Gasteiger partial charge in [0.2, 0.25) is 0 Å². The van der Waals surface area contributed by atoms with E-state index in [0.717, 1.165) is 0 Å². The van der Waals surface area contributed by atoms with Crippen molar-refractivity contribution in [2.75, 3.05) is 6.54 Å². The molecule has 4 heteroatoms. The smallest absolute Gasteiger partial charge is 0.329 e. The summed E-state index contributed by atoms with van der Waals surface area (Å²) in [6.07, 6.45) is 0. The highest BCUT2D eigenvalue weighted by molar-refractivity contribution is 5.80. The molecule has 0 unspecified atom stereocenters. The Balaban J connectivity index is 3.11. The van der Waals surface area contributed by atoms with E-state index in [1.807, 2.05) is 0 Å². The third-order valence-corrected chi connectivity index (χ3v) is 1.99. The monoisotopic (exact) mass is 180 g/mol. The lowest BCUT2D eigenvalue weighted by atomic mass is 9.91. The Labute approximate surface area is 76.2 Å². The second kappa shape index (κ2) is 3.55.